The van der Waals surface area contributed by atoms with E-state index in [2.05, 4.69) is 30.5 Å². The molecule has 0 radical (unpaired) electrons. The van der Waals surface area contributed by atoms with Crippen molar-refractivity contribution in [3.63, 3.8) is 0 Å². The summed E-state index contributed by atoms with van der Waals surface area (Å²) in [5.41, 5.74) is 2.22. The standard InChI is InChI=1S/C24H19N7OS/c32-23(19-7-1-4-15-5-2-9-26-20(15)19)28-17-12-16(13-17)21-29-30-22(24-27-10-11-33-24)31(21)18-6-3-8-25-14-18/h1-11,14,16-17H,12-13H2,(H,28,32). The van der Waals surface area contributed by atoms with E-state index in [-0.39, 0.29) is 17.9 Å². The van der Waals surface area contributed by atoms with E-state index in [1.807, 2.05) is 52.4 Å². The molecule has 0 unspecified atom stereocenters. The fourth-order valence-corrected chi connectivity index (χ4v) is 4.88. The first-order chi connectivity index (χ1) is 16.3. The first kappa shape index (κ1) is 19.7. The van der Waals surface area contributed by atoms with Crippen LogP contribution < -0.4 is 5.32 Å². The minimum Gasteiger partial charge on any atom is -0.349 e. The maximum atomic E-state index is 13.0. The Hall–Kier alpha value is -3.98. The predicted octanol–water partition coefficient (Wildman–Crippen LogP) is 4.01. The van der Waals surface area contributed by atoms with Gasteiger partial charge in [0.15, 0.2) is 10.8 Å². The number of benzene rings is 1. The smallest absolute Gasteiger partial charge is 0.253 e. The molecule has 4 aromatic heterocycles. The van der Waals surface area contributed by atoms with Crippen molar-refractivity contribution in [3.8, 4) is 16.5 Å². The van der Waals surface area contributed by atoms with Gasteiger partial charge in [0.1, 0.15) is 5.82 Å². The van der Waals surface area contributed by atoms with Crippen molar-refractivity contribution < 1.29 is 4.79 Å². The molecule has 4 heterocycles. The summed E-state index contributed by atoms with van der Waals surface area (Å²) < 4.78 is 2.03. The van der Waals surface area contributed by atoms with Crippen molar-refractivity contribution in [3.05, 3.63) is 84.0 Å². The van der Waals surface area contributed by atoms with Gasteiger partial charge in [-0.1, -0.05) is 18.2 Å². The lowest BCUT2D eigenvalue weighted by Gasteiger charge is -2.35. The SMILES string of the molecule is O=C(NC1CC(c2nnc(-c3nccs3)n2-c2cccnc2)C1)c1cccc2cccnc12. The zero-order chi connectivity index (χ0) is 22.2. The second kappa shape index (κ2) is 8.18. The van der Waals surface area contributed by atoms with Gasteiger partial charge in [0.25, 0.3) is 5.91 Å². The second-order valence-electron chi connectivity index (χ2n) is 7.99. The molecule has 1 fully saturated rings. The number of pyridine rings is 2. The van der Waals surface area contributed by atoms with Crippen LogP contribution in [-0.2, 0) is 0 Å². The Morgan fingerprint density at radius 3 is 2.70 bits per heavy atom. The van der Waals surface area contributed by atoms with Gasteiger partial charge in [-0.3, -0.25) is 19.3 Å². The Labute approximate surface area is 193 Å². The van der Waals surface area contributed by atoms with Gasteiger partial charge in [-0.15, -0.1) is 21.5 Å². The molecule has 8 nitrogen and oxygen atoms in total. The van der Waals surface area contributed by atoms with E-state index in [4.69, 9.17) is 0 Å². The van der Waals surface area contributed by atoms with Crippen molar-refractivity contribution in [2.45, 2.75) is 24.8 Å². The number of amides is 1. The van der Waals surface area contributed by atoms with Crippen LogP contribution in [0.15, 0.2) is 72.6 Å². The molecule has 0 atom stereocenters. The van der Waals surface area contributed by atoms with Gasteiger partial charge < -0.3 is 5.32 Å². The molecule has 1 aliphatic carbocycles. The maximum absolute atomic E-state index is 13.0. The second-order valence-corrected chi connectivity index (χ2v) is 8.88. The van der Waals surface area contributed by atoms with E-state index in [9.17, 15) is 4.79 Å². The van der Waals surface area contributed by atoms with Crippen LogP contribution in [0.2, 0.25) is 0 Å². The molecule has 0 spiro atoms. The summed E-state index contributed by atoms with van der Waals surface area (Å²) >= 11 is 1.53. The zero-order valence-corrected chi connectivity index (χ0v) is 18.3. The number of nitrogens with one attached hydrogen (secondary N) is 1. The minimum absolute atomic E-state index is 0.0730. The highest BCUT2D eigenvalue weighted by Crippen LogP contribution is 2.39. The number of thiazole rings is 1. The fraction of sp³-hybridized carbons (Fsp3) is 0.167. The normalized spacial score (nSPS) is 17.6. The van der Waals surface area contributed by atoms with Gasteiger partial charge in [0, 0.05) is 41.3 Å². The molecule has 1 N–H and O–H groups in total. The number of hydrogen-bond acceptors (Lipinski definition) is 7. The fourth-order valence-electron chi connectivity index (χ4n) is 4.27. The highest BCUT2D eigenvalue weighted by Gasteiger charge is 2.36. The van der Waals surface area contributed by atoms with Gasteiger partial charge in [-0.2, -0.15) is 0 Å². The van der Waals surface area contributed by atoms with Crippen molar-refractivity contribution in [2.75, 3.05) is 0 Å². The molecule has 6 rings (SSSR count). The molecule has 162 valence electrons. The first-order valence-corrected chi connectivity index (χ1v) is 11.6. The molecular weight excluding hydrogens is 434 g/mol. The summed E-state index contributed by atoms with van der Waals surface area (Å²) in [5.74, 6) is 1.66. The van der Waals surface area contributed by atoms with Crippen molar-refractivity contribution in [2.24, 2.45) is 0 Å². The van der Waals surface area contributed by atoms with Crippen LogP contribution in [0.1, 0.15) is 34.9 Å². The van der Waals surface area contributed by atoms with Gasteiger partial charge >= 0.3 is 0 Å². The molecule has 5 aromatic rings. The monoisotopic (exact) mass is 453 g/mol. The van der Waals surface area contributed by atoms with Crippen LogP contribution in [0.4, 0.5) is 0 Å². The Kier molecular flexibility index (Phi) is 4.88. The number of carbonyl (C=O) groups is 1. The lowest BCUT2D eigenvalue weighted by atomic mass is 9.79. The van der Waals surface area contributed by atoms with Crippen LogP contribution in [0, 0.1) is 0 Å². The van der Waals surface area contributed by atoms with Crippen molar-refractivity contribution in [1.29, 1.82) is 0 Å². The van der Waals surface area contributed by atoms with Crippen LogP contribution in [0.5, 0.6) is 0 Å². The summed E-state index contributed by atoms with van der Waals surface area (Å²) in [7, 11) is 0. The first-order valence-electron chi connectivity index (χ1n) is 10.7. The van der Waals surface area contributed by atoms with Crippen LogP contribution in [0.3, 0.4) is 0 Å². The summed E-state index contributed by atoms with van der Waals surface area (Å²) in [4.78, 5) is 26.0. The summed E-state index contributed by atoms with van der Waals surface area (Å²) in [6.07, 6.45) is 8.60. The number of rotatable bonds is 5. The Balaban J connectivity index is 1.23. The number of carbonyl (C=O) groups excluding carboxylic acids is 1. The van der Waals surface area contributed by atoms with E-state index >= 15 is 0 Å². The molecule has 0 aliphatic heterocycles. The maximum Gasteiger partial charge on any atom is 0.253 e. The third-order valence-corrected chi connectivity index (χ3v) is 6.70. The topological polar surface area (TPSA) is 98.5 Å². The number of para-hydroxylation sites is 1. The molecule has 0 bridgehead atoms. The van der Waals surface area contributed by atoms with E-state index < -0.39 is 0 Å². The largest absolute Gasteiger partial charge is 0.349 e. The molecule has 1 aliphatic rings. The quantitative estimate of drug-likeness (QED) is 0.432. The molecular formula is C24H19N7OS. The lowest BCUT2D eigenvalue weighted by Crippen LogP contribution is -2.44. The van der Waals surface area contributed by atoms with Crippen molar-refractivity contribution >= 4 is 28.1 Å². The predicted molar refractivity (Wildman–Crippen MR) is 125 cm³/mol. The summed E-state index contributed by atoms with van der Waals surface area (Å²) in [6, 6.07) is 13.5. The lowest BCUT2D eigenvalue weighted by molar-refractivity contribution is 0.0908. The van der Waals surface area contributed by atoms with Crippen molar-refractivity contribution in [1.82, 2.24) is 35.0 Å². The average Bonchev–Trinajstić information content (AvgIpc) is 3.51. The highest BCUT2D eigenvalue weighted by atomic mass is 32.1. The van der Waals surface area contributed by atoms with Gasteiger partial charge in [0.2, 0.25) is 0 Å². The number of fused-ring (bicyclic) bond motifs is 1. The number of hydrogen-bond donors (Lipinski definition) is 1. The van der Waals surface area contributed by atoms with E-state index in [1.54, 1.807) is 24.8 Å². The van der Waals surface area contributed by atoms with Gasteiger partial charge in [0.05, 0.1) is 23.0 Å². The summed E-state index contributed by atoms with van der Waals surface area (Å²) in [6.45, 7) is 0. The van der Waals surface area contributed by atoms with Crippen LogP contribution >= 0.6 is 11.3 Å². The Morgan fingerprint density at radius 2 is 1.88 bits per heavy atom. The molecule has 1 aromatic carbocycles. The highest BCUT2D eigenvalue weighted by molar-refractivity contribution is 7.13. The van der Waals surface area contributed by atoms with Gasteiger partial charge in [-0.05, 0) is 37.1 Å². The molecule has 1 saturated carbocycles. The van der Waals surface area contributed by atoms with Crippen LogP contribution in [0.25, 0.3) is 27.4 Å². The van der Waals surface area contributed by atoms with Crippen LogP contribution in [-0.4, -0.2) is 41.7 Å². The van der Waals surface area contributed by atoms with E-state index in [1.165, 1.54) is 11.3 Å². The van der Waals surface area contributed by atoms with E-state index in [0.717, 1.165) is 40.3 Å². The number of aromatic nitrogens is 6. The zero-order valence-electron chi connectivity index (χ0n) is 17.5. The van der Waals surface area contributed by atoms with E-state index in [0.29, 0.717) is 11.4 Å². The number of nitrogens with zero attached hydrogens (tertiary/aromatic N) is 6. The Morgan fingerprint density at radius 1 is 1.00 bits per heavy atom. The molecule has 1 amide bonds. The third kappa shape index (κ3) is 3.56. The van der Waals surface area contributed by atoms with Gasteiger partial charge in [-0.25, -0.2) is 4.98 Å². The molecule has 9 heteroatoms. The Bertz CT molecular complexity index is 1420. The molecule has 33 heavy (non-hydrogen) atoms. The minimum atomic E-state index is -0.0973. The third-order valence-electron chi connectivity index (χ3n) is 5.93. The molecule has 0 saturated heterocycles. The summed E-state index contributed by atoms with van der Waals surface area (Å²) in [5, 5.41) is 15.8. The average molecular weight is 454 g/mol.